The lowest BCUT2D eigenvalue weighted by molar-refractivity contribution is 1.17. The number of nitrogens with zero attached hydrogens (tertiary/aromatic N) is 6. The number of nitriles is 2. The summed E-state index contributed by atoms with van der Waals surface area (Å²) >= 11 is 0. The molecule has 0 unspecified atom stereocenters. The Balaban J connectivity index is 1.69. The van der Waals surface area contributed by atoms with Gasteiger partial charge >= 0.3 is 0 Å². The Morgan fingerprint density at radius 2 is 1.02 bits per heavy atom. The summed E-state index contributed by atoms with van der Waals surface area (Å²) in [7, 11) is 0. The van der Waals surface area contributed by atoms with Gasteiger partial charge < -0.3 is 9.13 Å². The molecular formula is C46H24N6. The Morgan fingerprint density at radius 1 is 0.500 bits per heavy atom. The maximum absolute atomic E-state index is 10.7. The Hall–Kier alpha value is -7.90. The van der Waals surface area contributed by atoms with Crippen LogP contribution >= 0.6 is 0 Å². The lowest BCUT2D eigenvalue weighted by atomic mass is 9.87. The molecule has 0 N–H and O–H groups in total. The monoisotopic (exact) mass is 660 g/mol. The SMILES string of the molecule is [C-]#[N+]c1ccc(-c2c3c4ccccc4n(-c4ccccc4)c3c(-c3ccc(C#N)cc3[N+]#[C-])c3c4ccccc4n(-c4ccccc4)c23)c(C#N)c1. The first kappa shape index (κ1) is 30.2. The van der Waals surface area contributed by atoms with Crippen LogP contribution < -0.4 is 0 Å². The smallest absolute Gasteiger partial charge is 0.196 e. The predicted molar refractivity (Wildman–Crippen MR) is 208 cm³/mol. The minimum atomic E-state index is 0.370. The van der Waals surface area contributed by atoms with Gasteiger partial charge in [-0.25, -0.2) is 9.69 Å². The van der Waals surface area contributed by atoms with Gasteiger partial charge in [-0.1, -0.05) is 91.0 Å². The third kappa shape index (κ3) is 4.33. The van der Waals surface area contributed by atoms with Crippen molar-refractivity contribution < 1.29 is 0 Å². The molecule has 9 rings (SSSR count). The molecule has 0 aliphatic rings. The molecule has 0 atom stereocenters. The van der Waals surface area contributed by atoms with Gasteiger partial charge in [0.1, 0.15) is 0 Å². The van der Waals surface area contributed by atoms with E-state index in [1.54, 1.807) is 24.3 Å². The van der Waals surface area contributed by atoms with Crippen molar-refractivity contribution in [3.05, 3.63) is 180 Å². The van der Waals surface area contributed by atoms with Crippen molar-refractivity contribution in [2.75, 3.05) is 0 Å². The van der Waals surface area contributed by atoms with Crippen LogP contribution in [0.5, 0.6) is 0 Å². The summed E-state index contributed by atoms with van der Waals surface area (Å²) in [6.07, 6.45) is 0. The van der Waals surface area contributed by atoms with E-state index in [4.69, 9.17) is 13.1 Å². The van der Waals surface area contributed by atoms with E-state index in [0.29, 0.717) is 33.6 Å². The highest BCUT2D eigenvalue weighted by atomic mass is 15.0. The molecule has 52 heavy (non-hydrogen) atoms. The van der Waals surface area contributed by atoms with E-state index >= 15 is 0 Å². The zero-order valence-corrected chi connectivity index (χ0v) is 27.5. The van der Waals surface area contributed by atoms with Gasteiger partial charge in [0.05, 0.1) is 47.3 Å². The standard InChI is InChI=1S/C46H24N6/c1-49-31-22-24-34(30(26-31)28-48)41-43-36-17-9-11-19-39(36)52(33-15-7-4-8-16-33)46(43)42(35-23-21-29(27-47)25-38(35)50-2)44-37-18-10-12-20-40(37)51(45(41)44)32-13-5-3-6-14-32/h3-26H. The minimum absolute atomic E-state index is 0.370. The molecule has 9 aromatic rings. The molecule has 2 heterocycles. The number of hydrogen-bond acceptors (Lipinski definition) is 2. The summed E-state index contributed by atoms with van der Waals surface area (Å²) in [5, 5.41) is 24.3. The van der Waals surface area contributed by atoms with Crippen molar-refractivity contribution in [2.45, 2.75) is 0 Å². The number of fused-ring (bicyclic) bond motifs is 6. The zero-order chi connectivity index (χ0) is 35.3. The van der Waals surface area contributed by atoms with Crippen molar-refractivity contribution in [3.63, 3.8) is 0 Å². The average Bonchev–Trinajstić information content (AvgIpc) is 3.74. The average molecular weight is 661 g/mol. The van der Waals surface area contributed by atoms with Crippen LogP contribution in [0.4, 0.5) is 11.4 Å². The van der Waals surface area contributed by atoms with Crippen molar-refractivity contribution in [1.82, 2.24) is 9.13 Å². The summed E-state index contributed by atoms with van der Waals surface area (Å²) < 4.78 is 4.51. The topological polar surface area (TPSA) is 66.2 Å². The number of para-hydroxylation sites is 4. The van der Waals surface area contributed by atoms with Crippen LogP contribution in [-0.2, 0) is 0 Å². The molecule has 6 heteroatoms. The highest BCUT2D eigenvalue weighted by Gasteiger charge is 2.30. The Bertz CT molecular complexity index is 2890. The van der Waals surface area contributed by atoms with Crippen LogP contribution in [-0.4, -0.2) is 9.13 Å². The summed E-state index contributed by atoms with van der Waals surface area (Å²) in [6, 6.07) is 52.2. The molecule has 6 nitrogen and oxygen atoms in total. The lowest BCUT2D eigenvalue weighted by Crippen LogP contribution is -2.00. The molecule has 0 bridgehead atoms. The van der Waals surface area contributed by atoms with E-state index in [1.165, 1.54) is 0 Å². The Labute approximate surface area is 299 Å². The van der Waals surface area contributed by atoms with E-state index in [0.717, 1.165) is 66.1 Å². The maximum atomic E-state index is 10.7. The second kappa shape index (κ2) is 11.9. The molecule has 0 amide bonds. The third-order valence-electron chi connectivity index (χ3n) is 9.79. The van der Waals surface area contributed by atoms with Gasteiger partial charge in [-0.3, -0.25) is 0 Å². The van der Waals surface area contributed by atoms with Crippen molar-refractivity contribution in [1.29, 1.82) is 10.5 Å². The van der Waals surface area contributed by atoms with E-state index in [2.05, 4.69) is 79.5 Å². The summed E-state index contributed by atoms with van der Waals surface area (Å²) in [5.41, 5.74) is 10.2. The van der Waals surface area contributed by atoms with E-state index in [-0.39, 0.29) is 0 Å². The number of benzene rings is 7. The van der Waals surface area contributed by atoms with Gasteiger partial charge in [0.25, 0.3) is 0 Å². The highest BCUT2D eigenvalue weighted by molar-refractivity contribution is 6.34. The molecule has 0 saturated carbocycles. The predicted octanol–water partition coefficient (Wildman–Crippen LogP) is 12.1. The first-order valence-electron chi connectivity index (χ1n) is 16.6. The van der Waals surface area contributed by atoms with Crippen molar-refractivity contribution in [2.24, 2.45) is 0 Å². The highest BCUT2D eigenvalue weighted by Crippen LogP contribution is 2.53. The number of hydrogen-bond donors (Lipinski definition) is 0. The summed E-state index contributed by atoms with van der Waals surface area (Å²) in [4.78, 5) is 7.67. The minimum Gasteiger partial charge on any atom is -0.309 e. The van der Waals surface area contributed by atoms with Crippen molar-refractivity contribution in [3.8, 4) is 45.8 Å². The van der Waals surface area contributed by atoms with E-state index in [9.17, 15) is 10.5 Å². The zero-order valence-electron chi connectivity index (χ0n) is 27.5. The molecule has 238 valence electrons. The second-order valence-corrected chi connectivity index (χ2v) is 12.5. The van der Waals surface area contributed by atoms with Gasteiger partial charge in [-0.2, -0.15) is 10.5 Å². The van der Waals surface area contributed by atoms with Gasteiger partial charge in [0.15, 0.2) is 11.4 Å². The van der Waals surface area contributed by atoms with Crippen LogP contribution in [0, 0.1) is 35.8 Å². The van der Waals surface area contributed by atoms with Gasteiger partial charge in [-0.05, 0) is 65.7 Å². The van der Waals surface area contributed by atoms with Crippen molar-refractivity contribution >= 4 is 55.0 Å². The van der Waals surface area contributed by atoms with Crippen LogP contribution in [0.15, 0.2) is 146 Å². The fourth-order valence-electron chi connectivity index (χ4n) is 7.73. The van der Waals surface area contributed by atoms with Crippen LogP contribution in [0.25, 0.3) is 86.9 Å². The van der Waals surface area contributed by atoms with E-state index in [1.807, 2.05) is 72.8 Å². The summed E-state index contributed by atoms with van der Waals surface area (Å²) in [5.74, 6) is 0. The van der Waals surface area contributed by atoms with Crippen LogP contribution in [0.2, 0.25) is 0 Å². The first-order valence-corrected chi connectivity index (χ1v) is 16.6. The second-order valence-electron chi connectivity index (χ2n) is 12.5. The largest absolute Gasteiger partial charge is 0.309 e. The van der Waals surface area contributed by atoms with Crippen LogP contribution in [0.3, 0.4) is 0 Å². The Morgan fingerprint density at radius 3 is 1.54 bits per heavy atom. The van der Waals surface area contributed by atoms with Gasteiger partial charge in [-0.15, -0.1) is 0 Å². The summed E-state index contributed by atoms with van der Waals surface area (Å²) in [6.45, 7) is 16.1. The fraction of sp³-hybridized carbons (Fsp3) is 0. The molecule has 2 aromatic heterocycles. The van der Waals surface area contributed by atoms with Crippen LogP contribution in [0.1, 0.15) is 11.1 Å². The fourth-order valence-corrected chi connectivity index (χ4v) is 7.73. The molecule has 0 fully saturated rings. The van der Waals surface area contributed by atoms with Gasteiger partial charge in [0, 0.05) is 55.2 Å². The lowest BCUT2D eigenvalue weighted by Gasteiger charge is -2.19. The molecule has 0 spiro atoms. The first-order chi connectivity index (χ1) is 25.7. The quantitative estimate of drug-likeness (QED) is 0.176. The van der Waals surface area contributed by atoms with Gasteiger partial charge in [0.2, 0.25) is 0 Å². The maximum Gasteiger partial charge on any atom is 0.196 e. The molecular weight excluding hydrogens is 637 g/mol. The molecule has 0 aliphatic heterocycles. The molecule has 0 aliphatic carbocycles. The third-order valence-corrected chi connectivity index (χ3v) is 9.79. The number of aromatic nitrogens is 2. The normalized spacial score (nSPS) is 11.0. The molecule has 0 radical (unpaired) electrons. The molecule has 7 aromatic carbocycles. The Kier molecular flexibility index (Phi) is 6.91. The van der Waals surface area contributed by atoms with E-state index < -0.39 is 0 Å². The number of rotatable bonds is 4. The molecule has 0 saturated heterocycles.